The molecule has 22 heavy (non-hydrogen) atoms. The van der Waals surface area contributed by atoms with Crippen LogP contribution in [-0.4, -0.2) is 36.1 Å². The zero-order valence-electron chi connectivity index (χ0n) is 11.2. The summed E-state index contributed by atoms with van der Waals surface area (Å²) >= 11 is 9.29. The number of alkyl halides is 3. The Bertz CT molecular complexity index is 716. The van der Waals surface area contributed by atoms with Gasteiger partial charge in [0.25, 0.3) is 0 Å². The van der Waals surface area contributed by atoms with Gasteiger partial charge < -0.3 is 10.2 Å². The molecule has 1 N–H and O–H groups in total. The van der Waals surface area contributed by atoms with Crippen molar-refractivity contribution in [1.82, 2.24) is 15.3 Å². The van der Waals surface area contributed by atoms with E-state index in [1.165, 1.54) is 6.07 Å². The number of piperazine rings is 1. The molecule has 0 unspecified atom stereocenters. The molecule has 0 aliphatic carbocycles. The minimum absolute atomic E-state index is 0.215. The van der Waals surface area contributed by atoms with Crippen LogP contribution in [0.2, 0.25) is 5.02 Å². The van der Waals surface area contributed by atoms with Gasteiger partial charge in [0.05, 0.1) is 10.5 Å². The number of halogens is 5. The smallest absolute Gasteiger partial charge is 0.353 e. The molecular weight excluding hydrogens is 385 g/mol. The van der Waals surface area contributed by atoms with Crippen LogP contribution >= 0.6 is 27.5 Å². The van der Waals surface area contributed by atoms with Gasteiger partial charge in [0.2, 0.25) is 5.82 Å². The van der Waals surface area contributed by atoms with E-state index in [2.05, 4.69) is 31.2 Å². The highest BCUT2D eigenvalue weighted by Gasteiger charge is 2.36. The van der Waals surface area contributed by atoms with E-state index in [0.717, 1.165) is 0 Å². The van der Waals surface area contributed by atoms with Gasteiger partial charge in [-0.15, -0.1) is 0 Å². The van der Waals surface area contributed by atoms with E-state index < -0.39 is 12.0 Å². The number of benzene rings is 1. The molecule has 3 rings (SSSR count). The van der Waals surface area contributed by atoms with Crippen molar-refractivity contribution in [2.75, 3.05) is 31.1 Å². The minimum Gasteiger partial charge on any atom is -0.353 e. The zero-order chi connectivity index (χ0) is 15.9. The second-order valence-electron chi connectivity index (χ2n) is 4.89. The molecule has 1 aliphatic rings. The first-order chi connectivity index (χ1) is 10.4. The van der Waals surface area contributed by atoms with Gasteiger partial charge in [-0.05, 0) is 28.1 Å². The third-order valence-corrected chi connectivity index (χ3v) is 4.58. The maximum atomic E-state index is 13.0. The van der Waals surface area contributed by atoms with Gasteiger partial charge in [0.1, 0.15) is 5.82 Å². The van der Waals surface area contributed by atoms with Crippen molar-refractivity contribution in [3.05, 3.63) is 27.5 Å². The van der Waals surface area contributed by atoms with E-state index >= 15 is 0 Å². The highest BCUT2D eigenvalue weighted by molar-refractivity contribution is 9.10. The number of fused-ring (bicyclic) bond motifs is 1. The predicted octanol–water partition coefficient (Wildman–Crippen LogP) is 3.47. The lowest BCUT2D eigenvalue weighted by molar-refractivity contribution is -0.144. The largest absolute Gasteiger partial charge is 0.451 e. The van der Waals surface area contributed by atoms with Crippen molar-refractivity contribution < 1.29 is 13.2 Å². The first-order valence-electron chi connectivity index (χ1n) is 6.56. The lowest BCUT2D eigenvalue weighted by atomic mass is 10.2. The Morgan fingerprint density at radius 1 is 1.18 bits per heavy atom. The van der Waals surface area contributed by atoms with Crippen LogP contribution in [0.4, 0.5) is 19.0 Å². The summed E-state index contributed by atoms with van der Waals surface area (Å²) in [5, 5.41) is 4.08. The summed E-state index contributed by atoms with van der Waals surface area (Å²) in [6, 6.07) is 3.08. The quantitative estimate of drug-likeness (QED) is 0.803. The Hall–Kier alpha value is -1.12. The normalized spacial score (nSPS) is 16.3. The molecule has 2 aromatic rings. The van der Waals surface area contributed by atoms with E-state index in [9.17, 15) is 13.2 Å². The Morgan fingerprint density at radius 3 is 2.50 bits per heavy atom. The van der Waals surface area contributed by atoms with Crippen LogP contribution in [-0.2, 0) is 6.18 Å². The van der Waals surface area contributed by atoms with Crippen molar-refractivity contribution >= 4 is 44.3 Å². The van der Waals surface area contributed by atoms with Crippen molar-refractivity contribution in [3.8, 4) is 0 Å². The van der Waals surface area contributed by atoms with Gasteiger partial charge in [-0.25, -0.2) is 9.97 Å². The Morgan fingerprint density at radius 2 is 1.86 bits per heavy atom. The van der Waals surface area contributed by atoms with Crippen LogP contribution in [0.3, 0.4) is 0 Å². The summed E-state index contributed by atoms with van der Waals surface area (Å²) in [6.07, 6.45) is -4.59. The standard InChI is InChI=1S/C13H11BrClF3N4/c14-8-6-10-7(5-9(8)15)11(22-3-1-19-2-4-22)21-12(20-10)13(16,17)18/h5-6,19H,1-4H2. The molecular formula is C13H11BrClF3N4. The van der Waals surface area contributed by atoms with E-state index in [0.29, 0.717) is 41.1 Å². The minimum atomic E-state index is -4.59. The van der Waals surface area contributed by atoms with Crippen LogP contribution in [0, 0.1) is 0 Å². The zero-order valence-corrected chi connectivity index (χ0v) is 13.6. The molecule has 0 amide bonds. The highest BCUT2D eigenvalue weighted by atomic mass is 79.9. The molecule has 118 valence electrons. The van der Waals surface area contributed by atoms with E-state index in [-0.39, 0.29) is 11.3 Å². The number of nitrogens with one attached hydrogen (secondary N) is 1. The molecule has 0 atom stereocenters. The second-order valence-corrected chi connectivity index (χ2v) is 6.15. The fourth-order valence-electron chi connectivity index (χ4n) is 2.35. The molecule has 1 aromatic carbocycles. The van der Waals surface area contributed by atoms with Crippen molar-refractivity contribution in [3.63, 3.8) is 0 Å². The Labute approximate surface area is 137 Å². The maximum absolute atomic E-state index is 13.0. The summed E-state index contributed by atoms with van der Waals surface area (Å²) in [4.78, 5) is 9.21. The fourth-order valence-corrected chi connectivity index (χ4v) is 2.85. The summed E-state index contributed by atoms with van der Waals surface area (Å²) in [5.74, 6) is -0.865. The van der Waals surface area contributed by atoms with Gasteiger partial charge in [0, 0.05) is 36.0 Å². The van der Waals surface area contributed by atoms with Crippen molar-refractivity contribution in [2.45, 2.75) is 6.18 Å². The first kappa shape index (κ1) is 15.8. The maximum Gasteiger partial charge on any atom is 0.451 e. The monoisotopic (exact) mass is 394 g/mol. The molecule has 1 aromatic heterocycles. The molecule has 1 fully saturated rings. The van der Waals surface area contributed by atoms with E-state index in [4.69, 9.17) is 11.6 Å². The molecule has 0 bridgehead atoms. The number of hydrogen-bond donors (Lipinski definition) is 1. The van der Waals surface area contributed by atoms with Gasteiger partial charge in [-0.3, -0.25) is 0 Å². The molecule has 1 aliphatic heterocycles. The van der Waals surface area contributed by atoms with Crippen molar-refractivity contribution in [1.29, 1.82) is 0 Å². The number of aromatic nitrogens is 2. The predicted molar refractivity (Wildman–Crippen MR) is 82.3 cm³/mol. The van der Waals surface area contributed by atoms with Gasteiger partial charge in [-0.2, -0.15) is 13.2 Å². The van der Waals surface area contributed by atoms with Gasteiger partial charge in [0.15, 0.2) is 0 Å². The van der Waals surface area contributed by atoms with Gasteiger partial charge in [-0.1, -0.05) is 11.6 Å². The average Bonchev–Trinajstić information content (AvgIpc) is 2.47. The summed E-state index contributed by atoms with van der Waals surface area (Å²) in [7, 11) is 0. The topological polar surface area (TPSA) is 41.1 Å². The number of rotatable bonds is 1. The Balaban J connectivity index is 2.23. The summed E-state index contributed by atoms with van der Waals surface area (Å²) < 4.78 is 39.6. The first-order valence-corrected chi connectivity index (χ1v) is 7.73. The molecule has 2 heterocycles. The average molecular weight is 396 g/mol. The molecule has 0 radical (unpaired) electrons. The van der Waals surface area contributed by atoms with Crippen LogP contribution in [0.1, 0.15) is 5.82 Å². The molecule has 0 saturated carbocycles. The van der Waals surface area contributed by atoms with Crippen molar-refractivity contribution in [2.24, 2.45) is 0 Å². The van der Waals surface area contributed by atoms with Crippen LogP contribution in [0.5, 0.6) is 0 Å². The van der Waals surface area contributed by atoms with Crippen LogP contribution in [0.25, 0.3) is 10.9 Å². The second kappa shape index (κ2) is 5.82. The van der Waals surface area contributed by atoms with E-state index in [1.807, 2.05) is 4.90 Å². The number of hydrogen-bond acceptors (Lipinski definition) is 4. The Kier molecular flexibility index (Phi) is 4.17. The molecule has 9 heteroatoms. The van der Waals surface area contributed by atoms with E-state index in [1.54, 1.807) is 6.07 Å². The molecule has 1 saturated heterocycles. The summed E-state index contributed by atoms with van der Waals surface area (Å²) in [5.41, 5.74) is 0.215. The summed E-state index contributed by atoms with van der Waals surface area (Å²) in [6.45, 7) is 2.54. The SMILES string of the molecule is FC(F)(F)c1nc(N2CCNCC2)c2cc(Cl)c(Br)cc2n1. The third-order valence-electron chi connectivity index (χ3n) is 3.39. The highest BCUT2D eigenvalue weighted by Crippen LogP contribution is 2.35. The lowest BCUT2D eigenvalue weighted by Gasteiger charge is -2.29. The fraction of sp³-hybridized carbons (Fsp3) is 0.385. The third kappa shape index (κ3) is 3.00. The van der Waals surface area contributed by atoms with Crippen LogP contribution < -0.4 is 10.2 Å². The lowest BCUT2D eigenvalue weighted by Crippen LogP contribution is -2.44. The molecule has 4 nitrogen and oxygen atoms in total. The number of anilines is 1. The number of nitrogens with zero attached hydrogens (tertiary/aromatic N) is 3. The van der Waals surface area contributed by atoms with Crippen LogP contribution in [0.15, 0.2) is 16.6 Å². The van der Waals surface area contributed by atoms with Gasteiger partial charge >= 0.3 is 6.18 Å². The molecule has 0 spiro atoms.